The smallest absolute Gasteiger partial charge is 0.326 e. The molecule has 97 heavy (non-hydrogen) atoms. The number of carbonyl (C=O) groups excluding carboxylic acids is 13. The highest BCUT2D eigenvalue weighted by Crippen LogP contribution is 2.21. The molecule has 24 N–H and O–H groups in total. The summed E-state index contributed by atoms with van der Waals surface area (Å²) in [4.78, 5) is 202. The molecule has 0 unspecified atom stereocenters. The van der Waals surface area contributed by atoms with Crippen molar-refractivity contribution in [3.8, 4) is 0 Å². The molecule has 0 aromatic carbocycles. The van der Waals surface area contributed by atoms with Gasteiger partial charge < -0.3 is 107 Å². The number of aliphatic hydroxyl groups excluding tert-OH is 2. The standard InChI is InChI=1S/C61H108N16O19S/c1-9-33(6)48(59(93)70-38(18-20-45(65)80)52(86)73-42(61(95)96)29-46(66)81)75-53(87)36(15-10-12-23-62)69-55(89)40(27-31(2)3)71-56(90)41(28-32(4)5)72-57(91)43(30-78)74-58(92)44-17-14-25-77(44)60(94)49(34(7)79)76-54(88)37(16-11-13-24-63)68-51(85)39(19-21-47(82)83)67-50(84)35(64)22-26-97-8/h31-44,48-49,78-79H,9-30,62-64H2,1-8H3,(H2,65,80)(H2,66,81)(H,67,84)(H,68,85)(H,69,89)(H,70,93)(H,71,90)(H,72,91)(H,73,86)(H,74,92)(H,75,87)(H,76,88)(H,82,83)(H,95,96)/t33-,34+,35-,36-,37-,38-,39-,40-,41-,42-,43-,44-,48-,49-/m0/s1. The lowest BCUT2D eigenvalue weighted by molar-refractivity contribution is -0.145. The topological polar surface area (TPSA) is 591 Å². The van der Waals surface area contributed by atoms with Crippen LogP contribution in [0.4, 0.5) is 0 Å². The van der Waals surface area contributed by atoms with Crippen molar-refractivity contribution in [2.45, 2.75) is 236 Å². The van der Waals surface area contributed by atoms with Gasteiger partial charge in [0.25, 0.3) is 0 Å². The molecule has 1 rings (SSSR count). The minimum Gasteiger partial charge on any atom is -0.481 e. The van der Waals surface area contributed by atoms with E-state index < -0.39 is 206 Å². The SMILES string of the molecule is CC[C@H](C)[C@H](NC(=O)[C@H](CCCCN)NC(=O)[C@H](CC(C)C)NC(=O)[C@H](CC(C)C)NC(=O)[C@H](CO)NC(=O)[C@@H]1CCCN1C(=O)[C@@H](NC(=O)[C@H](CCCCN)NC(=O)[C@H](CCC(=O)O)NC(=O)[C@@H](N)CCSC)[C@@H](C)O)C(=O)N[C@@H](CCC(N)=O)C(=O)N[C@@H](CC(N)=O)C(=O)O. The van der Waals surface area contributed by atoms with Crippen LogP contribution in [0.2, 0.25) is 0 Å². The Bertz CT molecular complexity index is 2660. The first kappa shape index (κ1) is 87.2. The zero-order valence-corrected chi connectivity index (χ0v) is 57.8. The minimum atomic E-state index is -1.80. The van der Waals surface area contributed by atoms with Crippen LogP contribution in [0, 0.1) is 17.8 Å². The van der Waals surface area contributed by atoms with Crippen LogP contribution in [0.15, 0.2) is 0 Å². The van der Waals surface area contributed by atoms with E-state index in [1.165, 1.54) is 18.7 Å². The number of carbonyl (C=O) groups is 15. The number of rotatable bonds is 49. The van der Waals surface area contributed by atoms with Crippen molar-refractivity contribution in [3.05, 3.63) is 0 Å². The van der Waals surface area contributed by atoms with E-state index in [9.17, 15) is 92.3 Å². The molecule has 0 aromatic rings. The van der Waals surface area contributed by atoms with Crippen LogP contribution in [-0.2, 0) is 71.9 Å². The van der Waals surface area contributed by atoms with Crippen molar-refractivity contribution in [2.24, 2.45) is 46.4 Å². The van der Waals surface area contributed by atoms with Crippen LogP contribution in [0.25, 0.3) is 0 Å². The Morgan fingerprint density at radius 1 is 0.515 bits per heavy atom. The maximum atomic E-state index is 14.4. The van der Waals surface area contributed by atoms with E-state index in [2.05, 4.69) is 53.2 Å². The number of hydrogen-bond acceptors (Lipinski definition) is 21. The number of hydrogen-bond donors (Lipinski definition) is 19. The van der Waals surface area contributed by atoms with Crippen molar-refractivity contribution in [2.75, 3.05) is 38.2 Å². The zero-order chi connectivity index (χ0) is 73.8. The third-order valence-electron chi connectivity index (χ3n) is 15.9. The first-order valence-electron chi connectivity index (χ1n) is 32.9. The molecule has 35 nitrogen and oxygen atoms in total. The van der Waals surface area contributed by atoms with Gasteiger partial charge in [0.05, 0.1) is 25.2 Å². The average Bonchev–Trinajstić information content (AvgIpc) is 1.76. The molecule has 14 atom stereocenters. The molecule has 552 valence electrons. The number of nitrogens with one attached hydrogen (secondary N) is 10. The Hall–Kier alpha value is -7.80. The molecule has 0 saturated carbocycles. The van der Waals surface area contributed by atoms with Gasteiger partial charge in [0.1, 0.15) is 66.5 Å². The van der Waals surface area contributed by atoms with E-state index in [-0.39, 0.29) is 102 Å². The summed E-state index contributed by atoms with van der Waals surface area (Å²) in [6.45, 7) is 10.7. The number of amides is 13. The molecule has 13 amide bonds. The first-order valence-corrected chi connectivity index (χ1v) is 34.3. The minimum absolute atomic E-state index is 0.0147. The fourth-order valence-electron chi connectivity index (χ4n) is 10.2. The van der Waals surface area contributed by atoms with Crippen LogP contribution >= 0.6 is 11.8 Å². The van der Waals surface area contributed by atoms with Gasteiger partial charge in [-0.2, -0.15) is 11.8 Å². The van der Waals surface area contributed by atoms with Crippen LogP contribution in [-0.4, -0.2) is 231 Å². The second-order valence-electron chi connectivity index (χ2n) is 25.1. The number of thioether (sulfide) groups is 1. The van der Waals surface area contributed by atoms with Gasteiger partial charge in [-0.05, 0) is 133 Å². The Labute approximate surface area is 569 Å². The van der Waals surface area contributed by atoms with Crippen molar-refractivity contribution in [1.82, 2.24) is 58.1 Å². The van der Waals surface area contributed by atoms with Gasteiger partial charge in [-0.15, -0.1) is 0 Å². The summed E-state index contributed by atoms with van der Waals surface area (Å²) < 4.78 is 0. The molecule has 1 saturated heterocycles. The fourth-order valence-corrected chi connectivity index (χ4v) is 10.7. The highest BCUT2D eigenvalue weighted by Gasteiger charge is 2.42. The molecule has 1 fully saturated rings. The predicted molar refractivity (Wildman–Crippen MR) is 355 cm³/mol. The molecule has 1 aliphatic heterocycles. The Morgan fingerprint density at radius 2 is 0.938 bits per heavy atom. The summed E-state index contributed by atoms with van der Waals surface area (Å²) in [6.07, 6.45) is -0.477. The Balaban J connectivity index is 3.50. The summed E-state index contributed by atoms with van der Waals surface area (Å²) in [6, 6.07) is -17.7. The molecule has 0 aliphatic carbocycles. The molecule has 0 radical (unpaired) electrons. The van der Waals surface area contributed by atoms with Gasteiger partial charge in [-0.1, -0.05) is 48.0 Å². The third kappa shape index (κ3) is 32.4. The van der Waals surface area contributed by atoms with Crippen molar-refractivity contribution in [1.29, 1.82) is 0 Å². The number of aliphatic hydroxyl groups is 2. The van der Waals surface area contributed by atoms with Gasteiger partial charge in [-0.3, -0.25) is 67.1 Å². The average molecular weight is 1400 g/mol. The lowest BCUT2D eigenvalue weighted by Crippen LogP contribution is -2.62. The summed E-state index contributed by atoms with van der Waals surface area (Å²) in [5.41, 5.74) is 28.0. The van der Waals surface area contributed by atoms with Crippen LogP contribution in [0.5, 0.6) is 0 Å². The largest absolute Gasteiger partial charge is 0.481 e. The van der Waals surface area contributed by atoms with Crippen LogP contribution < -0.4 is 81.8 Å². The highest BCUT2D eigenvalue weighted by molar-refractivity contribution is 7.98. The fraction of sp³-hybridized carbons (Fsp3) is 0.754. The predicted octanol–water partition coefficient (Wildman–Crippen LogP) is -5.23. The summed E-state index contributed by atoms with van der Waals surface area (Å²) in [5, 5.41) is 65.5. The normalized spacial score (nSPS) is 16.9. The number of unbranched alkanes of at least 4 members (excludes halogenated alkanes) is 2. The number of likely N-dealkylation sites (tertiary alicyclic amines) is 1. The lowest BCUT2D eigenvalue weighted by Gasteiger charge is -2.32. The second-order valence-corrected chi connectivity index (χ2v) is 26.1. The molecule has 36 heteroatoms. The zero-order valence-electron chi connectivity index (χ0n) is 56.9. The van der Waals surface area contributed by atoms with Gasteiger partial charge in [0.15, 0.2) is 0 Å². The maximum absolute atomic E-state index is 14.4. The number of nitrogens with zero attached hydrogens (tertiary/aromatic N) is 1. The number of primary amides is 2. The summed E-state index contributed by atoms with van der Waals surface area (Å²) in [5.74, 6) is -15.8. The van der Waals surface area contributed by atoms with Gasteiger partial charge in [0.2, 0.25) is 76.8 Å². The molecule has 0 aromatic heterocycles. The molecule has 0 spiro atoms. The highest BCUT2D eigenvalue weighted by atomic mass is 32.2. The second kappa shape index (κ2) is 45.7. The molecule has 1 aliphatic rings. The Morgan fingerprint density at radius 3 is 1.36 bits per heavy atom. The van der Waals surface area contributed by atoms with Crippen molar-refractivity contribution >= 4 is 100 Å². The van der Waals surface area contributed by atoms with Crippen molar-refractivity contribution < 1.29 is 92.3 Å². The first-order chi connectivity index (χ1) is 45.6. The number of aliphatic carboxylic acids is 2. The van der Waals surface area contributed by atoms with Crippen LogP contribution in [0.3, 0.4) is 0 Å². The van der Waals surface area contributed by atoms with Crippen LogP contribution in [0.1, 0.15) is 158 Å². The quantitative estimate of drug-likeness (QED) is 0.0253. The van der Waals surface area contributed by atoms with E-state index in [0.29, 0.717) is 18.6 Å². The van der Waals surface area contributed by atoms with Gasteiger partial charge in [-0.25, -0.2) is 4.79 Å². The summed E-state index contributed by atoms with van der Waals surface area (Å²) in [7, 11) is 0. The third-order valence-corrected chi connectivity index (χ3v) is 16.6. The molecule has 0 bridgehead atoms. The van der Waals surface area contributed by atoms with E-state index in [1.54, 1.807) is 47.8 Å². The van der Waals surface area contributed by atoms with E-state index >= 15 is 0 Å². The van der Waals surface area contributed by atoms with Gasteiger partial charge in [0, 0.05) is 19.4 Å². The number of carboxylic acid groups (broad SMARTS) is 2. The number of carboxylic acids is 2. The summed E-state index contributed by atoms with van der Waals surface area (Å²) >= 11 is 1.43. The van der Waals surface area contributed by atoms with Gasteiger partial charge >= 0.3 is 11.9 Å². The lowest BCUT2D eigenvalue weighted by atomic mass is 9.96. The van der Waals surface area contributed by atoms with E-state index in [0.717, 1.165) is 4.90 Å². The molecular formula is C61H108N16O19S. The van der Waals surface area contributed by atoms with E-state index in [4.69, 9.17) is 28.7 Å². The molecule has 1 heterocycles. The molecular weight excluding hydrogens is 1290 g/mol. The Kier molecular flexibility index (Phi) is 41.0. The maximum Gasteiger partial charge on any atom is 0.326 e. The number of nitrogens with two attached hydrogens (primary N) is 5. The van der Waals surface area contributed by atoms with E-state index in [1.807, 2.05) is 0 Å². The van der Waals surface area contributed by atoms with Crippen molar-refractivity contribution in [3.63, 3.8) is 0 Å². The monoisotopic (exact) mass is 1400 g/mol.